The Hall–Kier alpha value is -3.54. The van der Waals surface area contributed by atoms with Gasteiger partial charge in [0.1, 0.15) is 11.6 Å². The van der Waals surface area contributed by atoms with Crippen molar-refractivity contribution in [3.05, 3.63) is 83.4 Å². The first kappa shape index (κ1) is 20.7. The van der Waals surface area contributed by atoms with E-state index in [1.807, 2.05) is 79.4 Å². The van der Waals surface area contributed by atoms with Crippen molar-refractivity contribution in [1.29, 1.82) is 0 Å². The summed E-state index contributed by atoms with van der Waals surface area (Å²) in [6, 6.07) is 17.5. The lowest BCUT2D eigenvalue weighted by atomic mass is 10.0. The number of aromatic nitrogens is 3. The molecule has 1 amide bonds. The molecular formula is C25H27N5O. The highest BCUT2D eigenvalue weighted by molar-refractivity contribution is 5.92. The molecule has 3 aromatic rings. The smallest absolute Gasteiger partial charge is 0.247 e. The second-order valence-electron chi connectivity index (χ2n) is 7.83. The predicted molar refractivity (Wildman–Crippen MR) is 123 cm³/mol. The van der Waals surface area contributed by atoms with Crippen molar-refractivity contribution in [2.45, 2.75) is 39.2 Å². The maximum atomic E-state index is 13.0. The van der Waals surface area contributed by atoms with Crippen LogP contribution < -0.4 is 5.32 Å². The molecule has 31 heavy (non-hydrogen) atoms. The number of nitrogens with zero attached hydrogens (tertiary/aromatic N) is 4. The fraction of sp³-hybridized carbons (Fsp3) is 0.280. The van der Waals surface area contributed by atoms with Crippen molar-refractivity contribution in [2.75, 3.05) is 11.9 Å². The van der Waals surface area contributed by atoms with Crippen LogP contribution in [0.4, 0.5) is 11.6 Å². The molecule has 1 N–H and O–H groups in total. The molecule has 0 aliphatic carbocycles. The number of amides is 1. The van der Waals surface area contributed by atoms with E-state index >= 15 is 0 Å². The van der Waals surface area contributed by atoms with Gasteiger partial charge in [-0.1, -0.05) is 36.4 Å². The lowest BCUT2D eigenvalue weighted by molar-refractivity contribution is -0.129. The van der Waals surface area contributed by atoms with Gasteiger partial charge in [-0.15, -0.1) is 0 Å². The van der Waals surface area contributed by atoms with E-state index in [9.17, 15) is 4.79 Å². The number of carbonyl (C=O) groups is 1. The zero-order valence-corrected chi connectivity index (χ0v) is 18.0. The minimum atomic E-state index is -0.132. The molecule has 3 heterocycles. The summed E-state index contributed by atoms with van der Waals surface area (Å²) in [4.78, 5) is 28.8. The van der Waals surface area contributed by atoms with E-state index in [2.05, 4.69) is 15.3 Å². The van der Waals surface area contributed by atoms with Crippen LogP contribution in [0.25, 0.3) is 6.08 Å². The second kappa shape index (κ2) is 9.51. The minimum Gasteiger partial charge on any atom is -0.329 e. The largest absolute Gasteiger partial charge is 0.329 e. The van der Waals surface area contributed by atoms with Crippen molar-refractivity contribution < 1.29 is 4.79 Å². The average molecular weight is 414 g/mol. The SMILES string of the molecule is Cc1cccc(Nc2cc(C)nc(C3CCCCN3C(=O)/C=C/c3ccccc3)n2)n1. The molecule has 158 valence electrons. The maximum absolute atomic E-state index is 13.0. The summed E-state index contributed by atoms with van der Waals surface area (Å²) in [5, 5.41) is 3.28. The topological polar surface area (TPSA) is 71.0 Å². The molecule has 1 aromatic carbocycles. The van der Waals surface area contributed by atoms with Crippen LogP contribution in [0, 0.1) is 13.8 Å². The monoisotopic (exact) mass is 413 g/mol. The molecule has 6 heteroatoms. The van der Waals surface area contributed by atoms with Gasteiger partial charge in [0.2, 0.25) is 5.91 Å². The van der Waals surface area contributed by atoms with Gasteiger partial charge in [-0.25, -0.2) is 15.0 Å². The van der Waals surface area contributed by atoms with Crippen LogP contribution in [0.2, 0.25) is 0 Å². The number of likely N-dealkylation sites (tertiary alicyclic amines) is 1. The number of benzene rings is 1. The van der Waals surface area contributed by atoms with E-state index in [1.54, 1.807) is 6.08 Å². The van der Waals surface area contributed by atoms with Gasteiger partial charge in [-0.2, -0.15) is 0 Å². The number of rotatable bonds is 5. The van der Waals surface area contributed by atoms with Gasteiger partial charge in [-0.3, -0.25) is 4.79 Å². The van der Waals surface area contributed by atoms with Gasteiger partial charge < -0.3 is 10.2 Å². The molecule has 1 unspecified atom stereocenters. The molecule has 4 rings (SSSR count). The predicted octanol–water partition coefficient (Wildman–Crippen LogP) is 5.00. The van der Waals surface area contributed by atoms with Crippen molar-refractivity contribution in [2.24, 2.45) is 0 Å². The van der Waals surface area contributed by atoms with E-state index < -0.39 is 0 Å². The van der Waals surface area contributed by atoms with Crippen LogP contribution in [-0.2, 0) is 4.79 Å². The van der Waals surface area contributed by atoms with Gasteiger partial charge in [0.05, 0.1) is 6.04 Å². The van der Waals surface area contributed by atoms with Crippen molar-refractivity contribution in [3.8, 4) is 0 Å². The summed E-state index contributed by atoms with van der Waals surface area (Å²) in [6.45, 7) is 4.61. The van der Waals surface area contributed by atoms with Crippen LogP contribution in [-0.4, -0.2) is 32.3 Å². The fourth-order valence-electron chi connectivity index (χ4n) is 3.84. The van der Waals surface area contributed by atoms with Gasteiger partial charge >= 0.3 is 0 Å². The summed E-state index contributed by atoms with van der Waals surface area (Å²) in [5.41, 5.74) is 2.80. The van der Waals surface area contributed by atoms with Gasteiger partial charge in [-0.05, 0) is 56.9 Å². The summed E-state index contributed by atoms with van der Waals surface area (Å²) in [5.74, 6) is 2.11. The van der Waals surface area contributed by atoms with Crippen LogP contribution in [0.3, 0.4) is 0 Å². The van der Waals surface area contributed by atoms with Crippen molar-refractivity contribution in [3.63, 3.8) is 0 Å². The summed E-state index contributed by atoms with van der Waals surface area (Å²) in [7, 11) is 0. The van der Waals surface area contributed by atoms with Crippen molar-refractivity contribution in [1.82, 2.24) is 19.9 Å². The van der Waals surface area contributed by atoms with Crippen LogP contribution >= 0.6 is 0 Å². The molecule has 0 saturated carbocycles. The van der Waals surface area contributed by atoms with E-state index in [0.29, 0.717) is 18.2 Å². The highest BCUT2D eigenvalue weighted by Gasteiger charge is 2.29. The molecule has 1 aliphatic rings. The van der Waals surface area contributed by atoms with E-state index in [4.69, 9.17) is 4.98 Å². The number of aryl methyl sites for hydroxylation is 2. The van der Waals surface area contributed by atoms with Gasteiger partial charge in [0, 0.05) is 30.1 Å². The van der Waals surface area contributed by atoms with Crippen LogP contribution in [0.1, 0.15) is 48.1 Å². The molecule has 0 bridgehead atoms. The number of carbonyl (C=O) groups excluding carboxylic acids is 1. The van der Waals surface area contributed by atoms with E-state index in [-0.39, 0.29) is 11.9 Å². The fourth-order valence-corrected chi connectivity index (χ4v) is 3.84. The number of hydrogen-bond donors (Lipinski definition) is 1. The molecule has 1 fully saturated rings. The molecule has 1 aliphatic heterocycles. The molecular weight excluding hydrogens is 386 g/mol. The third kappa shape index (κ3) is 5.34. The van der Waals surface area contributed by atoms with E-state index in [0.717, 1.165) is 42.0 Å². The van der Waals surface area contributed by atoms with Crippen LogP contribution in [0.15, 0.2) is 60.7 Å². The Kier molecular flexibility index (Phi) is 6.36. The van der Waals surface area contributed by atoms with Crippen LogP contribution in [0.5, 0.6) is 0 Å². The Balaban J connectivity index is 1.56. The Morgan fingerprint density at radius 2 is 1.81 bits per heavy atom. The van der Waals surface area contributed by atoms with Crippen molar-refractivity contribution >= 4 is 23.6 Å². The minimum absolute atomic E-state index is 0.00600. The standard InChI is InChI=1S/C25H27N5O/c1-18-9-8-13-22(26-18)28-23-17-19(2)27-25(29-23)21-12-6-7-16-30(21)24(31)15-14-20-10-4-3-5-11-20/h3-5,8-11,13-15,17,21H,6-7,12,16H2,1-2H3,(H,26,27,28,29)/b15-14+. The van der Waals surface area contributed by atoms with E-state index in [1.165, 1.54) is 0 Å². The van der Waals surface area contributed by atoms with Gasteiger partial charge in [0.25, 0.3) is 0 Å². The highest BCUT2D eigenvalue weighted by atomic mass is 16.2. The summed E-state index contributed by atoms with van der Waals surface area (Å²) < 4.78 is 0. The number of piperidine rings is 1. The molecule has 1 saturated heterocycles. The Morgan fingerprint density at radius 3 is 2.61 bits per heavy atom. The zero-order valence-electron chi connectivity index (χ0n) is 18.0. The number of pyridine rings is 1. The Labute approximate surface area is 183 Å². The number of hydrogen-bond acceptors (Lipinski definition) is 5. The van der Waals surface area contributed by atoms with Gasteiger partial charge in [0.15, 0.2) is 5.82 Å². The molecule has 1 atom stereocenters. The first-order chi connectivity index (χ1) is 15.1. The maximum Gasteiger partial charge on any atom is 0.247 e. The average Bonchev–Trinajstić information content (AvgIpc) is 2.78. The summed E-state index contributed by atoms with van der Waals surface area (Å²) in [6.07, 6.45) is 6.42. The quantitative estimate of drug-likeness (QED) is 0.596. The lowest BCUT2D eigenvalue weighted by Gasteiger charge is -2.34. The molecule has 0 radical (unpaired) electrons. The first-order valence-electron chi connectivity index (χ1n) is 10.7. The Bertz CT molecular complexity index is 1080. The second-order valence-corrected chi connectivity index (χ2v) is 7.83. The Morgan fingerprint density at radius 1 is 0.968 bits per heavy atom. The lowest BCUT2D eigenvalue weighted by Crippen LogP contribution is -2.38. The normalized spacial score (nSPS) is 16.5. The molecule has 2 aromatic heterocycles. The molecule has 6 nitrogen and oxygen atoms in total. The third-order valence-electron chi connectivity index (χ3n) is 5.32. The zero-order chi connectivity index (χ0) is 21.6. The first-order valence-corrected chi connectivity index (χ1v) is 10.7. The number of anilines is 2. The highest BCUT2D eigenvalue weighted by Crippen LogP contribution is 2.30. The molecule has 0 spiro atoms. The third-order valence-corrected chi connectivity index (χ3v) is 5.32. The summed E-state index contributed by atoms with van der Waals surface area (Å²) >= 11 is 0. The number of nitrogens with one attached hydrogen (secondary N) is 1.